The number of urea groups is 1. The van der Waals surface area contributed by atoms with Gasteiger partial charge in [0.15, 0.2) is 5.65 Å². The van der Waals surface area contributed by atoms with Crippen molar-refractivity contribution in [1.29, 1.82) is 0 Å². The topological polar surface area (TPSA) is 111 Å². The van der Waals surface area contributed by atoms with Crippen LogP contribution in [0.15, 0.2) is 24.4 Å². The molecule has 33 heavy (non-hydrogen) atoms. The summed E-state index contributed by atoms with van der Waals surface area (Å²) in [7, 11) is 0. The van der Waals surface area contributed by atoms with Gasteiger partial charge >= 0.3 is 12.2 Å². The Kier molecular flexibility index (Phi) is 5.43. The van der Waals surface area contributed by atoms with Crippen molar-refractivity contribution in [3.05, 3.63) is 41.5 Å². The monoisotopic (exact) mass is 463 g/mol. The van der Waals surface area contributed by atoms with E-state index in [1.807, 2.05) is 0 Å². The molecule has 0 saturated carbocycles. The lowest BCUT2D eigenvalue weighted by atomic mass is 9.88. The lowest BCUT2D eigenvalue weighted by Crippen LogP contribution is -2.46. The number of aryl methyl sites for hydroxylation is 2. The molecule has 3 N–H and O–H groups in total. The highest BCUT2D eigenvalue weighted by atomic mass is 19.4. The molecule has 0 bridgehead atoms. The molecule has 1 aliphatic heterocycles. The first-order valence-corrected chi connectivity index (χ1v) is 10.3. The summed E-state index contributed by atoms with van der Waals surface area (Å²) in [6, 6.07) is 3.71. The van der Waals surface area contributed by atoms with Gasteiger partial charge in [0, 0.05) is 36.1 Å². The van der Waals surface area contributed by atoms with Crippen molar-refractivity contribution in [3.8, 4) is 5.88 Å². The molecule has 0 saturated heterocycles. The summed E-state index contributed by atoms with van der Waals surface area (Å²) in [5, 5.41) is 6.84. The fourth-order valence-corrected chi connectivity index (χ4v) is 3.83. The molecule has 0 unspecified atom stereocenters. The van der Waals surface area contributed by atoms with E-state index < -0.39 is 24.2 Å². The van der Waals surface area contributed by atoms with E-state index in [1.54, 1.807) is 32.9 Å². The van der Waals surface area contributed by atoms with Crippen LogP contribution in [0.5, 0.6) is 5.88 Å². The molecule has 3 aromatic rings. The average Bonchev–Trinajstić information content (AvgIpc) is 3.23. The smallest absolute Gasteiger partial charge is 0.401 e. The number of fused-ring (bicyclic) bond motifs is 3. The summed E-state index contributed by atoms with van der Waals surface area (Å²) >= 11 is 0. The number of nitrogens with two attached hydrogens (primary N) is 1. The van der Waals surface area contributed by atoms with Gasteiger partial charge in [-0.2, -0.15) is 18.3 Å². The molecule has 4 rings (SSSR count). The first-order chi connectivity index (χ1) is 15.4. The maximum atomic E-state index is 14.2. The average molecular weight is 463 g/mol. The van der Waals surface area contributed by atoms with Gasteiger partial charge in [-0.25, -0.2) is 19.3 Å². The molecule has 0 radical (unpaired) electrons. The van der Waals surface area contributed by atoms with Gasteiger partial charge in [-0.1, -0.05) is 0 Å². The summed E-state index contributed by atoms with van der Waals surface area (Å²) in [6.07, 6.45) is -3.35. The number of hydrogen-bond donors (Lipinski definition) is 2. The van der Waals surface area contributed by atoms with Gasteiger partial charge in [-0.3, -0.25) is 4.90 Å². The van der Waals surface area contributed by atoms with Crippen molar-refractivity contribution in [2.45, 2.75) is 45.3 Å². The number of ether oxygens (including phenoxy) is 1. The number of carbonyl (C=O) groups excluding carboxylic acids is 1. The number of rotatable bonds is 4. The number of anilines is 2. The van der Waals surface area contributed by atoms with E-state index in [0.717, 1.165) is 11.8 Å². The zero-order valence-corrected chi connectivity index (χ0v) is 18.6. The van der Waals surface area contributed by atoms with Crippen molar-refractivity contribution in [2.75, 3.05) is 23.4 Å². The van der Waals surface area contributed by atoms with Gasteiger partial charge in [0.05, 0.1) is 23.3 Å². The molecule has 0 spiro atoms. The maximum absolute atomic E-state index is 14.2. The molecule has 0 aliphatic carbocycles. The van der Waals surface area contributed by atoms with Gasteiger partial charge in [-0.05, 0) is 33.8 Å². The fourth-order valence-electron chi connectivity index (χ4n) is 3.83. The highest BCUT2D eigenvalue weighted by Crippen LogP contribution is 2.49. The van der Waals surface area contributed by atoms with Crippen LogP contribution in [0.1, 0.15) is 30.9 Å². The van der Waals surface area contributed by atoms with Crippen molar-refractivity contribution in [3.63, 3.8) is 0 Å². The van der Waals surface area contributed by atoms with Gasteiger partial charge in [0.1, 0.15) is 12.0 Å². The molecule has 4 heterocycles. The summed E-state index contributed by atoms with van der Waals surface area (Å²) in [5.74, 6) is 0.250. The Labute approximate surface area is 187 Å². The van der Waals surface area contributed by atoms with Crippen LogP contribution in [0.2, 0.25) is 0 Å². The first-order valence-electron chi connectivity index (χ1n) is 10.3. The van der Waals surface area contributed by atoms with Gasteiger partial charge < -0.3 is 15.8 Å². The Hall–Kier alpha value is -3.41. The van der Waals surface area contributed by atoms with Gasteiger partial charge in [0.2, 0.25) is 5.88 Å². The van der Waals surface area contributed by atoms with Gasteiger partial charge in [0.25, 0.3) is 0 Å². The second-order valence-electron chi connectivity index (χ2n) is 8.52. The number of aromatic nitrogens is 4. The molecule has 1 aliphatic rings. The normalized spacial score (nSPS) is 19.0. The Morgan fingerprint density at radius 1 is 1.30 bits per heavy atom. The summed E-state index contributed by atoms with van der Waals surface area (Å²) in [4.78, 5) is 22.6. The molecule has 2 amide bonds. The SMILES string of the molecule is Cc1cc(NC(=O)N2C[C@@](C)(C(F)(F)F)c3c2cnc2cc(C)nn32)cc(OC[C@H](C)N)n1. The largest absolute Gasteiger partial charge is 0.476 e. The quantitative estimate of drug-likeness (QED) is 0.614. The van der Waals surface area contributed by atoms with E-state index in [1.165, 1.54) is 16.8 Å². The lowest BCUT2D eigenvalue weighted by molar-refractivity contribution is -0.181. The third kappa shape index (κ3) is 4.06. The molecular weight excluding hydrogens is 439 g/mol. The molecule has 0 aromatic carbocycles. The second kappa shape index (κ2) is 7.87. The van der Waals surface area contributed by atoms with Crippen LogP contribution in [0, 0.1) is 13.8 Å². The highest BCUT2D eigenvalue weighted by Gasteiger charge is 2.60. The summed E-state index contributed by atoms with van der Waals surface area (Å²) < 4.78 is 49.3. The minimum absolute atomic E-state index is 0.0436. The number of amides is 2. The predicted octanol–water partition coefficient (Wildman–Crippen LogP) is 3.34. The maximum Gasteiger partial charge on any atom is 0.401 e. The van der Waals surface area contributed by atoms with Crippen molar-refractivity contribution in [1.82, 2.24) is 19.6 Å². The van der Waals surface area contributed by atoms with Crippen LogP contribution in [-0.2, 0) is 5.41 Å². The number of carbonyl (C=O) groups is 1. The molecule has 176 valence electrons. The zero-order valence-electron chi connectivity index (χ0n) is 18.6. The Bertz CT molecular complexity index is 1220. The van der Waals surface area contributed by atoms with Crippen LogP contribution in [0.3, 0.4) is 0 Å². The minimum atomic E-state index is -4.63. The van der Waals surface area contributed by atoms with Crippen LogP contribution in [0.4, 0.5) is 29.3 Å². The fraction of sp³-hybridized carbons (Fsp3) is 0.429. The van der Waals surface area contributed by atoms with Gasteiger partial charge in [-0.15, -0.1) is 0 Å². The third-order valence-corrected chi connectivity index (χ3v) is 5.42. The zero-order chi connectivity index (χ0) is 24.1. The van der Waals surface area contributed by atoms with Crippen molar-refractivity contribution < 1.29 is 22.7 Å². The van der Waals surface area contributed by atoms with E-state index >= 15 is 0 Å². The van der Waals surface area contributed by atoms with E-state index in [4.69, 9.17) is 10.5 Å². The number of halogens is 3. The van der Waals surface area contributed by atoms with Crippen molar-refractivity contribution in [2.24, 2.45) is 5.73 Å². The first kappa shape index (κ1) is 22.8. The van der Waals surface area contributed by atoms with Crippen LogP contribution in [-0.4, -0.2) is 51.0 Å². The van der Waals surface area contributed by atoms with Crippen molar-refractivity contribution >= 4 is 23.1 Å². The lowest BCUT2D eigenvalue weighted by Gasteiger charge is -2.28. The number of nitrogens with one attached hydrogen (secondary N) is 1. The van der Waals surface area contributed by atoms with Crippen LogP contribution < -0.4 is 20.7 Å². The van der Waals surface area contributed by atoms with E-state index in [9.17, 15) is 18.0 Å². The Morgan fingerprint density at radius 2 is 2.03 bits per heavy atom. The summed E-state index contributed by atoms with van der Waals surface area (Å²) in [5.41, 5.74) is 4.97. The molecule has 9 nitrogen and oxygen atoms in total. The van der Waals surface area contributed by atoms with Crippen LogP contribution in [0.25, 0.3) is 5.65 Å². The molecule has 2 atom stereocenters. The number of hydrogen-bond acceptors (Lipinski definition) is 6. The Morgan fingerprint density at radius 3 is 2.70 bits per heavy atom. The Balaban J connectivity index is 1.70. The number of alkyl halides is 3. The second-order valence-corrected chi connectivity index (χ2v) is 8.52. The van der Waals surface area contributed by atoms with E-state index in [0.29, 0.717) is 17.1 Å². The third-order valence-electron chi connectivity index (χ3n) is 5.42. The standard InChI is InChI=1S/C21H24F3N7O2/c1-11(25)9-33-17-7-14(5-12(2)27-17)28-19(32)30-10-20(4,21(22,23)24)18-15(30)8-26-16-6-13(3)29-31(16)18/h5-8,11H,9-10,25H2,1-4H3,(H,27,28,32)/t11-,20+/m0/s1. The van der Waals surface area contributed by atoms with E-state index in [2.05, 4.69) is 20.4 Å². The molecule has 3 aromatic heterocycles. The molecule has 0 fully saturated rings. The summed E-state index contributed by atoms with van der Waals surface area (Å²) in [6.45, 7) is 5.82. The predicted molar refractivity (Wildman–Crippen MR) is 116 cm³/mol. The minimum Gasteiger partial charge on any atom is -0.476 e. The molecule has 12 heteroatoms. The number of nitrogens with zero attached hydrogens (tertiary/aromatic N) is 5. The number of pyridine rings is 1. The highest BCUT2D eigenvalue weighted by molar-refractivity contribution is 6.03. The van der Waals surface area contributed by atoms with Crippen LogP contribution >= 0.6 is 0 Å². The molecular formula is C21H24F3N7O2. The van der Waals surface area contributed by atoms with E-state index in [-0.39, 0.29) is 35.6 Å².